The fourth-order valence-electron chi connectivity index (χ4n) is 1.07. The average molecular weight is 181 g/mol. The Hall–Kier alpha value is -1.38. The highest BCUT2D eigenvalue weighted by Gasteiger charge is 2.03. The van der Waals surface area contributed by atoms with Crippen LogP contribution in [0.4, 0.5) is 10.1 Å². The second-order valence-electron chi connectivity index (χ2n) is 2.94. The van der Waals surface area contributed by atoms with Crippen molar-refractivity contribution in [1.29, 1.82) is 0 Å². The van der Waals surface area contributed by atoms with E-state index in [9.17, 15) is 9.18 Å². The monoisotopic (exact) mass is 181 g/mol. The van der Waals surface area contributed by atoms with E-state index in [-0.39, 0.29) is 12.6 Å². The average Bonchev–Trinajstić information content (AvgIpc) is 2.18. The van der Waals surface area contributed by atoms with Gasteiger partial charge < -0.3 is 5.32 Å². The zero-order valence-electron chi connectivity index (χ0n) is 7.46. The van der Waals surface area contributed by atoms with Crippen LogP contribution in [0.25, 0.3) is 0 Å². The molecule has 0 bridgehead atoms. The number of carbonyl (C=O) groups excluding carboxylic acids is 1. The SMILES string of the molecule is CC(CF)c1ccc(NC=O)cc1. The quantitative estimate of drug-likeness (QED) is 0.709. The Kier molecular flexibility index (Phi) is 3.43. The topological polar surface area (TPSA) is 29.1 Å². The molecule has 1 aromatic carbocycles. The molecule has 0 heterocycles. The van der Waals surface area contributed by atoms with Gasteiger partial charge in [-0.25, -0.2) is 0 Å². The first kappa shape index (κ1) is 9.71. The third kappa shape index (κ3) is 2.54. The summed E-state index contributed by atoms with van der Waals surface area (Å²) in [5.74, 6) is -0.0784. The number of alkyl halides is 1. The summed E-state index contributed by atoms with van der Waals surface area (Å²) in [6.07, 6.45) is 0.619. The highest BCUT2D eigenvalue weighted by molar-refractivity contribution is 5.71. The van der Waals surface area contributed by atoms with Crippen molar-refractivity contribution in [3.63, 3.8) is 0 Å². The molecule has 1 amide bonds. The number of amides is 1. The van der Waals surface area contributed by atoms with Gasteiger partial charge in [-0.05, 0) is 17.7 Å². The van der Waals surface area contributed by atoms with E-state index in [4.69, 9.17) is 0 Å². The van der Waals surface area contributed by atoms with E-state index in [0.717, 1.165) is 11.3 Å². The third-order valence-electron chi connectivity index (χ3n) is 1.94. The molecule has 1 unspecified atom stereocenters. The summed E-state index contributed by atoms with van der Waals surface area (Å²) in [6, 6.07) is 7.15. The molecule has 13 heavy (non-hydrogen) atoms. The number of anilines is 1. The highest BCUT2D eigenvalue weighted by atomic mass is 19.1. The Morgan fingerprint density at radius 3 is 2.54 bits per heavy atom. The largest absolute Gasteiger partial charge is 0.329 e. The fourth-order valence-corrected chi connectivity index (χ4v) is 1.07. The summed E-state index contributed by atoms with van der Waals surface area (Å²) < 4.78 is 12.2. The predicted molar refractivity (Wildman–Crippen MR) is 50.5 cm³/mol. The zero-order valence-corrected chi connectivity index (χ0v) is 7.46. The number of hydrogen-bond acceptors (Lipinski definition) is 1. The molecule has 0 saturated carbocycles. The van der Waals surface area contributed by atoms with Gasteiger partial charge in [0.25, 0.3) is 0 Å². The molecule has 0 radical (unpaired) electrons. The van der Waals surface area contributed by atoms with Gasteiger partial charge in [-0.1, -0.05) is 19.1 Å². The van der Waals surface area contributed by atoms with Crippen LogP contribution in [0.15, 0.2) is 24.3 Å². The van der Waals surface area contributed by atoms with E-state index in [1.54, 1.807) is 12.1 Å². The minimum Gasteiger partial charge on any atom is -0.329 e. The summed E-state index contributed by atoms with van der Waals surface area (Å²) in [6.45, 7) is 1.46. The molecule has 70 valence electrons. The predicted octanol–water partition coefficient (Wildman–Crippen LogP) is 2.33. The van der Waals surface area contributed by atoms with Crippen molar-refractivity contribution < 1.29 is 9.18 Å². The molecule has 1 atom stereocenters. The summed E-state index contributed by atoms with van der Waals surface area (Å²) >= 11 is 0. The maximum absolute atomic E-state index is 12.2. The molecule has 3 heteroatoms. The van der Waals surface area contributed by atoms with E-state index < -0.39 is 0 Å². The lowest BCUT2D eigenvalue weighted by Gasteiger charge is -2.07. The summed E-state index contributed by atoms with van der Waals surface area (Å²) in [5.41, 5.74) is 1.67. The van der Waals surface area contributed by atoms with E-state index in [0.29, 0.717) is 6.41 Å². The van der Waals surface area contributed by atoms with E-state index in [1.165, 1.54) is 0 Å². The van der Waals surface area contributed by atoms with E-state index >= 15 is 0 Å². The van der Waals surface area contributed by atoms with Crippen LogP contribution in [-0.2, 0) is 4.79 Å². The Bertz CT molecular complexity index is 271. The minimum absolute atomic E-state index is 0.0784. The summed E-state index contributed by atoms with van der Waals surface area (Å²) in [4.78, 5) is 10.1. The maximum atomic E-state index is 12.2. The van der Waals surface area contributed by atoms with Crippen molar-refractivity contribution in [2.24, 2.45) is 0 Å². The highest BCUT2D eigenvalue weighted by Crippen LogP contribution is 2.17. The number of carbonyl (C=O) groups is 1. The number of nitrogens with one attached hydrogen (secondary N) is 1. The molecule has 0 fully saturated rings. The van der Waals surface area contributed by atoms with Crippen LogP contribution < -0.4 is 5.32 Å². The minimum atomic E-state index is -0.361. The van der Waals surface area contributed by atoms with Gasteiger partial charge in [-0.15, -0.1) is 0 Å². The lowest BCUT2D eigenvalue weighted by Crippen LogP contribution is -1.97. The first-order valence-corrected chi connectivity index (χ1v) is 4.14. The van der Waals surface area contributed by atoms with Crippen molar-refractivity contribution >= 4 is 12.1 Å². The molecule has 1 aromatic rings. The first-order chi connectivity index (χ1) is 6.27. The molecular formula is C10H12FNO. The molecular weight excluding hydrogens is 169 g/mol. The van der Waals surface area contributed by atoms with Crippen molar-refractivity contribution in [2.45, 2.75) is 12.8 Å². The van der Waals surface area contributed by atoms with Crippen molar-refractivity contribution in [3.8, 4) is 0 Å². The van der Waals surface area contributed by atoms with Gasteiger partial charge in [0.1, 0.15) is 0 Å². The van der Waals surface area contributed by atoms with Crippen LogP contribution in [0.5, 0.6) is 0 Å². The van der Waals surface area contributed by atoms with Crippen molar-refractivity contribution in [2.75, 3.05) is 12.0 Å². The molecule has 1 N–H and O–H groups in total. The second-order valence-corrected chi connectivity index (χ2v) is 2.94. The van der Waals surface area contributed by atoms with E-state index in [1.807, 2.05) is 19.1 Å². The van der Waals surface area contributed by atoms with E-state index in [2.05, 4.69) is 5.32 Å². The number of hydrogen-bond donors (Lipinski definition) is 1. The van der Waals surface area contributed by atoms with Gasteiger partial charge in [-0.3, -0.25) is 9.18 Å². The Balaban J connectivity index is 2.74. The third-order valence-corrected chi connectivity index (χ3v) is 1.94. The van der Waals surface area contributed by atoms with Crippen LogP contribution in [-0.4, -0.2) is 13.1 Å². The van der Waals surface area contributed by atoms with Gasteiger partial charge in [0.15, 0.2) is 0 Å². The van der Waals surface area contributed by atoms with Crippen LogP contribution in [0.2, 0.25) is 0 Å². The normalized spacial score (nSPS) is 12.2. The first-order valence-electron chi connectivity index (χ1n) is 4.14. The van der Waals surface area contributed by atoms with Gasteiger partial charge in [-0.2, -0.15) is 0 Å². The van der Waals surface area contributed by atoms with Crippen molar-refractivity contribution in [3.05, 3.63) is 29.8 Å². The Morgan fingerprint density at radius 1 is 1.46 bits per heavy atom. The Morgan fingerprint density at radius 2 is 2.08 bits per heavy atom. The molecule has 0 aromatic heterocycles. The Labute approximate surface area is 76.8 Å². The molecule has 0 aliphatic heterocycles. The lowest BCUT2D eigenvalue weighted by molar-refractivity contribution is -0.105. The molecule has 0 spiro atoms. The maximum Gasteiger partial charge on any atom is 0.211 e. The number of rotatable bonds is 4. The number of halogens is 1. The van der Waals surface area contributed by atoms with Crippen LogP contribution in [0, 0.1) is 0 Å². The molecule has 0 aliphatic carbocycles. The molecule has 0 saturated heterocycles. The van der Waals surface area contributed by atoms with Gasteiger partial charge in [0, 0.05) is 11.6 Å². The van der Waals surface area contributed by atoms with Crippen LogP contribution >= 0.6 is 0 Å². The number of benzene rings is 1. The molecule has 0 aliphatic rings. The second kappa shape index (κ2) is 4.60. The van der Waals surface area contributed by atoms with Crippen LogP contribution in [0.1, 0.15) is 18.4 Å². The fraction of sp³-hybridized carbons (Fsp3) is 0.300. The van der Waals surface area contributed by atoms with Crippen molar-refractivity contribution in [1.82, 2.24) is 0 Å². The van der Waals surface area contributed by atoms with Crippen LogP contribution in [0.3, 0.4) is 0 Å². The van der Waals surface area contributed by atoms with Gasteiger partial charge in [0.2, 0.25) is 6.41 Å². The zero-order chi connectivity index (χ0) is 9.68. The summed E-state index contributed by atoms with van der Waals surface area (Å²) in [5, 5.41) is 2.52. The van der Waals surface area contributed by atoms with Gasteiger partial charge >= 0.3 is 0 Å². The molecule has 2 nitrogen and oxygen atoms in total. The summed E-state index contributed by atoms with van der Waals surface area (Å²) in [7, 11) is 0. The smallest absolute Gasteiger partial charge is 0.211 e. The van der Waals surface area contributed by atoms with Gasteiger partial charge in [0.05, 0.1) is 6.67 Å². The lowest BCUT2D eigenvalue weighted by atomic mass is 10.0. The standard InChI is InChI=1S/C10H12FNO/c1-8(6-11)9-2-4-10(5-3-9)12-7-13/h2-5,7-8H,6H2,1H3,(H,12,13). The molecule has 1 rings (SSSR count).